The molecule has 0 atom stereocenters. The first kappa shape index (κ1) is 31.1. The van der Waals surface area contributed by atoms with Gasteiger partial charge in [0.15, 0.2) is 0 Å². The quantitative estimate of drug-likeness (QED) is 0.170. The SMILES string of the molecule is CC1(C)c2cc(N(c3ccccc3)c3ccccc3-c3ccccc3-c3ccccc3)ccc2-c2ccc(-n3c4ccccc4c4ccccc43)cc21. The minimum Gasteiger partial charge on any atom is -0.310 e. The fourth-order valence-electron chi connectivity index (χ4n) is 8.68. The first-order valence-electron chi connectivity index (χ1n) is 18.4. The first-order chi connectivity index (χ1) is 26.1. The van der Waals surface area contributed by atoms with E-state index in [1.54, 1.807) is 0 Å². The van der Waals surface area contributed by atoms with Crippen LogP contribution in [-0.4, -0.2) is 4.57 Å². The second kappa shape index (κ2) is 12.3. The van der Waals surface area contributed by atoms with Crippen LogP contribution < -0.4 is 4.90 Å². The predicted molar refractivity (Wildman–Crippen MR) is 224 cm³/mol. The lowest BCUT2D eigenvalue weighted by Gasteiger charge is -2.30. The van der Waals surface area contributed by atoms with Gasteiger partial charge in [-0.2, -0.15) is 0 Å². The molecule has 252 valence electrons. The molecule has 10 rings (SSSR count). The van der Waals surface area contributed by atoms with Crippen molar-refractivity contribution >= 4 is 38.9 Å². The smallest absolute Gasteiger partial charge is 0.0541 e. The zero-order valence-electron chi connectivity index (χ0n) is 29.9. The lowest BCUT2D eigenvalue weighted by molar-refractivity contribution is 0.660. The summed E-state index contributed by atoms with van der Waals surface area (Å²) in [5.74, 6) is 0. The van der Waals surface area contributed by atoms with E-state index in [9.17, 15) is 0 Å². The van der Waals surface area contributed by atoms with E-state index in [1.165, 1.54) is 72.0 Å². The van der Waals surface area contributed by atoms with Gasteiger partial charge in [0.25, 0.3) is 0 Å². The van der Waals surface area contributed by atoms with E-state index >= 15 is 0 Å². The Morgan fingerprint density at radius 2 is 0.925 bits per heavy atom. The van der Waals surface area contributed by atoms with Crippen LogP contribution in [0.5, 0.6) is 0 Å². The van der Waals surface area contributed by atoms with Crippen LogP contribution in [0.25, 0.3) is 60.9 Å². The van der Waals surface area contributed by atoms with Gasteiger partial charge in [0, 0.05) is 38.8 Å². The molecule has 1 aliphatic rings. The summed E-state index contributed by atoms with van der Waals surface area (Å²) in [6.07, 6.45) is 0. The summed E-state index contributed by atoms with van der Waals surface area (Å²) >= 11 is 0. The average Bonchev–Trinajstić information content (AvgIpc) is 3.67. The maximum atomic E-state index is 2.43. The van der Waals surface area contributed by atoms with Crippen LogP contribution >= 0.6 is 0 Å². The highest BCUT2D eigenvalue weighted by molar-refractivity contribution is 6.09. The number of benzene rings is 8. The zero-order chi connectivity index (χ0) is 35.5. The summed E-state index contributed by atoms with van der Waals surface area (Å²) in [5.41, 5.74) is 17.0. The summed E-state index contributed by atoms with van der Waals surface area (Å²) in [7, 11) is 0. The minimum atomic E-state index is -0.211. The highest BCUT2D eigenvalue weighted by atomic mass is 15.1. The summed E-state index contributed by atoms with van der Waals surface area (Å²) in [4.78, 5) is 2.43. The Kier molecular flexibility index (Phi) is 7.19. The zero-order valence-corrected chi connectivity index (χ0v) is 29.9. The van der Waals surface area contributed by atoms with Gasteiger partial charge in [-0.3, -0.25) is 0 Å². The van der Waals surface area contributed by atoms with E-state index in [4.69, 9.17) is 0 Å². The molecule has 0 spiro atoms. The molecule has 0 N–H and O–H groups in total. The topological polar surface area (TPSA) is 8.17 Å². The third-order valence-electron chi connectivity index (χ3n) is 11.2. The largest absolute Gasteiger partial charge is 0.310 e. The predicted octanol–water partition coefficient (Wildman–Crippen LogP) is 13.9. The summed E-state index contributed by atoms with van der Waals surface area (Å²) < 4.78 is 2.43. The van der Waals surface area contributed by atoms with E-state index in [1.807, 2.05) is 0 Å². The normalized spacial score (nSPS) is 12.9. The van der Waals surface area contributed by atoms with Crippen LogP contribution in [0, 0.1) is 0 Å². The van der Waals surface area contributed by atoms with E-state index in [2.05, 4.69) is 217 Å². The van der Waals surface area contributed by atoms with Crippen LogP contribution in [-0.2, 0) is 5.41 Å². The van der Waals surface area contributed by atoms with E-state index in [0.29, 0.717) is 0 Å². The summed E-state index contributed by atoms with van der Waals surface area (Å²) in [6.45, 7) is 4.77. The Morgan fingerprint density at radius 1 is 0.396 bits per heavy atom. The van der Waals surface area contributed by atoms with Gasteiger partial charge in [-0.05, 0) is 93.5 Å². The Bertz CT molecular complexity index is 2750. The van der Waals surface area contributed by atoms with Crippen LogP contribution in [0.1, 0.15) is 25.0 Å². The van der Waals surface area contributed by atoms with Gasteiger partial charge in [0.2, 0.25) is 0 Å². The monoisotopic (exact) mass is 678 g/mol. The van der Waals surface area contributed by atoms with Crippen LogP contribution in [0.2, 0.25) is 0 Å². The van der Waals surface area contributed by atoms with E-state index in [-0.39, 0.29) is 5.41 Å². The molecule has 0 radical (unpaired) electrons. The molecule has 0 aliphatic heterocycles. The number of aromatic nitrogens is 1. The van der Waals surface area contributed by atoms with Crippen molar-refractivity contribution in [1.82, 2.24) is 4.57 Å². The molecule has 8 aromatic carbocycles. The number of para-hydroxylation sites is 4. The first-order valence-corrected chi connectivity index (χ1v) is 18.4. The number of rotatable bonds is 6. The molecular weight excluding hydrogens is 641 g/mol. The van der Waals surface area contributed by atoms with Crippen molar-refractivity contribution in [1.29, 1.82) is 0 Å². The molecule has 0 unspecified atom stereocenters. The molecule has 0 fully saturated rings. The van der Waals surface area contributed by atoms with Crippen molar-refractivity contribution in [3.8, 4) is 39.1 Å². The Labute approximate surface area is 310 Å². The second-order valence-electron chi connectivity index (χ2n) is 14.6. The van der Waals surface area contributed by atoms with E-state index < -0.39 is 0 Å². The maximum absolute atomic E-state index is 2.43. The van der Waals surface area contributed by atoms with E-state index in [0.717, 1.165) is 17.1 Å². The van der Waals surface area contributed by atoms with Gasteiger partial charge in [-0.15, -0.1) is 0 Å². The molecule has 1 heterocycles. The Morgan fingerprint density at radius 3 is 1.62 bits per heavy atom. The van der Waals surface area contributed by atoms with Crippen molar-refractivity contribution in [2.45, 2.75) is 19.3 Å². The van der Waals surface area contributed by atoms with Gasteiger partial charge in [0.05, 0.1) is 16.7 Å². The van der Waals surface area contributed by atoms with Gasteiger partial charge in [-0.25, -0.2) is 0 Å². The highest BCUT2D eigenvalue weighted by Crippen LogP contribution is 2.52. The molecule has 2 heteroatoms. The number of hydrogen-bond donors (Lipinski definition) is 0. The van der Waals surface area contributed by atoms with Crippen LogP contribution in [0.4, 0.5) is 17.1 Å². The molecule has 0 saturated heterocycles. The lowest BCUT2D eigenvalue weighted by Crippen LogP contribution is -2.17. The summed E-state index contributed by atoms with van der Waals surface area (Å²) in [6, 6.07) is 70.7. The number of fused-ring (bicyclic) bond motifs is 6. The molecule has 0 saturated carbocycles. The van der Waals surface area contributed by atoms with Gasteiger partial charge in [0.1, 0.15) is 0 Å². The minimum absolute atomic E-state index is 0.211. The third-order valence-corrected chi connectivity index (χ3v) is 11.2. The van der Waals surface area contributed by atoms with Crippen molar-refractivity contribution in [2.75, 3.05) is 4.90 Å². The third kappa shape index (κ3) is 4.94. The average molecular weight is 679 g/mol. The fraction of sp³-hybridized carbons (Fsp3) is 0.0588. The van der Waals surface area contributed by atoms with Crippen molar-refractivity contribution in [3.05, 3.63) is 205 Å². The van der Waals surface area contributed by atoms with Crippen molar-refractivity contribution in [3.63, 3.8) is 0 Å². The standard InChI is InChI=1S/C51H38N2/c1-51(2)46-33-37(29-31-41(46)42-32-30-38(34-47(42)51)53-49-27-15-12-24-44(49)45-25-13-16-28-50(45)53)52(36-19-7-4-8-20-36)48-26-14-11-23-43(48)40-22-10-9-21-39(40)35-17-5-3-6-18-35/h3-34H,1-2H3. The molecule has 0 amide bonds. The van der Waals surface area contributed by atoms with Gasteiger partial charge < -0.3 is 9.47 Å². The van der Waals surface area contributed by atoms with Crippen molar-refractivity contribution in [2.24, 2.45) is 0 Å². The number of hydrogen-bond acceptors (Lipinski definition) is 1. The second-order valence-corrected chi connectivity index (χ2v) is 14.6. The molecule has 9 aromatic rings. The molecule has 1 aromatic heterocycles. The molecule has 53 heavy (non-hydrogen) atoms. The Balaban J connectivity index is 1.12. The molecule has 0 bridgehead atoms. The van der Waals surface area contributed by atoms with Gasteiger partial charge in [-0.1, -0.05) is 153 Å². The van der Waals surface area contributed by atoms with Crippen LogP contribution in [0.3, 0.4) is 0 Å². The van der Waals surface area contributed by atoms with Gasteiger partial charge >= 0.3 is 0 Å². The van der Waals surface area contributed by atoms with Crippen molar-refractivity contribution < 1.29 is 0 Å². The molecule has 1 aliphatic carbocycles. The fourth-order valence-corrected chi connectivity index (χ4v) is 8.68. The Hall–Kier alpha value is -6.64. The molecular formula is C51H38N2. The number of anilines is 3. The van der Waals surface area contributed by atoms with Crippen LogP contribution in [0.15, 0.2) is 194 Å². The maximum Gasteiger partial charge on any atom is 0.0541 e. The lowest BCUT2D eigenvalue weighted by atomic mass is 9.82. The summed E-state index contributed by atoms with van der Waals surface area (Å²) in [5, 5.41) is 2.56. The molecule has 2 nitrogen and oxygen atoms in total. The highest BCUT2D eigenvalue weighted by Gasteiger charge is 2.36. The number of nitrogens with zero attached hydrogens (tertiary/aromatic N) is 2.